The van der Waals surface area contributed by atoms with Crippen molar-refractivity contribution in [3.05, 3.63) is 71.8 Å². The first-order chi connectivity index (χ1) is 9.07. The molecule has 0 heterocycles. The first kappa shape index (κ1) is 14.0. The van der Waals surface area contributed by atoms with Crippen LogP contribution in [0, 0.1) is 0 Å². The molecule has 0 spiro atoms. The summed E-state index contributed by atoms with van der Waals surface area (Å²) in [4.78, 5) is 0. The fraction of sp³-hybridized carbons (Fsp3) is 0.294. The van der Waals surface area contributed by atoms with Gasteiger partial charge in [0, 0.05) is 0 Å². The zero-order valence-corrected chi connectivity index (χ0v) is 13.0. The maximum Gasteiger partial charge on any atom is 0.0842 e. The molecule has 0 amide bonds. The maximum absolute atomic E-state index is 6.24. The van der Waals surface area contributed by atoms with Crippen LogP contribution in [-0.2, 0) is 11.3 Å². The standard InChI is InChI=1S/C17H22OSi/c1-19(2,3)17(16-12-8-5-9-13-16)18-14-15-10-6-4-7-11-15/h4-13,17H,14H2,1-3H3. The fourth-order valence-corrected chi connectivity index (χ4v) is 4.00. The summed E-state index contributed by atoms with van der Waals surface area (Å²) < 4.78 is 6.24. The highest BCUT2D eigenvalue weighted by Gasteiger charge is 2.28. The Hall–Kier alpha value is -1.38. The van der Waals surface area contributed by atoms with E-state index >= 15 is 0 Å². The van der Waals surface area contributed by atoms with Crippen LogP contribution in [0.2, 0.25) is 19.6 Å². The van der Waals surface area contributed by atoms with Crippen molar-refractivity contribution >= 4 is 8.07 Å². The van der Waals surface area contributed by atoms with E-state index in [2.05, 4.69) is 74.2 Å². The van der Waals surface area contributed by atoms with Crippen LogP contribution >= 0.6 is 0 Å². The van der Waals surface area contributed by atoms with Gasteiger partial charge in [-0.2, -0.15) is 0 Å². The second-order valence-corrected chi connectivity index (χ2v) is 11.2. The van der Waals surface area contributed by atoms with Crippen LogP contribution in [0.3, 0.4) is 0 Å². The highest BCUT2D eigenvalue weighted by atomic mass is 28.3. The van der Waals surface area contributed by atoms with E-state index in [9.17, 15) is 0 Å². The van der Waals surface area contributed by atoms with E-state index < -0.39 is 8.07 Å². The molecule has 0 bridgehead atoms. The van der Waals surface area contributed by atoms with Gasteiger partial charge in [0.25, 0.3) is 0 Å². The predicted molar refractivity (Wildman–Crippen MR) is 83.8 cm³/mol. The molecule has 2 heteroatoms. The summed E-state index contributed by atoms with van der Waals surface area (Å²) in [6.07, 6.45) is 0. The molecule has 1 unspecified atom stereocenters. The van der Waals surface area contributed by atoms with E-state index in [1.807, 2.05) is 6.07 Å². The SMILES string of the molecule is C[Si](C)(C)C(OCc1ccccc1)c1ccccc1. The van der Waals surface area contributed by atoms with Gasteiger partial charge in [0.1, 0.15) is 0 Å². The van der Waals surface area contributed by atoms with Crippen LogP contribution < -0.4 is 0 Å². The zero-order chi connectivity index (χ0) is 13.7. The normalized spacial score (nSPS) is 13.2. The molecule has 0 aliphatic heterocycles. The largest absolute Gasteiger partial charge is 0.372 e. The summed E-state index contributed by atoms with van der Waals surface area (Å²) in [6, 6.07) is 21.0. The monoisotopic (exact) mass is 270 g/mol. The Balaban J connectivity index is 2.12. The lowest BCUT2D eigenvalue weighted by Crippen LogP contribution is -2.33. The van der Waals surface area contributed by atoms with Crippen LogP contribution in [0.1, 0.15) is 16.9 Å². The summed E-state index contributed by atoms with van der Waals surface area (Å²) in [5.41, 5.74) is 2.79. The second-order valence-electron chi connectivity index (χ2n) is 5.95. The third-order valence-corrected chi connectivity index (χ3v) is 5.22. The maximum atomic E-state index is 6.24. The van der Waals surface area contributed by atoms with Gasteiger partial charge in [0.05, 0.1) is 20.4 Å². The van der Waals surface area contributed by atoms with Crippen molar-refractivity contribution in [1.82, 2.24) is 0 Å². The van der Waals surface area contributed by atoms with Crippen LogP contribution in [-0.4, -0.2) is 8.07 Å². The summed E-state index contributed by atoms with van der Waals surface area (Å²) in [6.45, 7) is 7.76. The van der Waals surface area contributed by atoms with Crippen LogP contribution in [0.5, 0.6) is 0 Å². The Morgan fingerprint density at radius 3 is 1.89 bits per heavy atom. The molecule has 2 rings (SSSR count). The third-order valence-electron chi connectivity index (χ3n) is 3.15. The van der Waals surface area contributed by atoms with Crippen molar-refractivity contribution in [2.45, 2.75) is 32.0 Å². The molecule has 0 N–H and O–H groups in total. The number of hydrogen-bond donors (Lipinski definition) is 0. The average Bonchev–Trinajstić information content (AvgIpc) is 2.40. The lowest BCUT2D eigenvalue weighted by molar-refractivity contribution is 0.0863. The predicted octanol–water partition coefficient (Wildman–Crippen LogP) is 4.82. The van der Waals surface area contributed by atoms with E-state index in [1.54, 1.807) is 0 Å². The second kappa shape index (κ2) is 6.18. The molecular formula is C17H22OSi. The van der Waals surface area contributed by atoms with Gasteiger partial charge in [0.2, 0.25) is 0 Å². The molecule has 19 heavy (non-hydrogen) atoms. The van der Waals surface area contributed by atoms with Gasteiger partial charge in [-0.05, 0) is 11.1 Å². The Morgan fingerprint density at radius 2 is 1.37 bits per heavy atom. The van der Waals surface area contributed by atoms with Crippen molar-refractivity contribution in [1.29, 1.82) is 0 Å². The topological polar surface area (TPSA) is 9.23 Å². The van der Waals surface area contributed by atoms with Gasteiger partial charge in [-0.3, -0.25) is 0 Å². The third kappa shape index (κ3) is 4.05. The van der Waals surface area contributed by atoms with Gasteiger partial charge in [0.15, 0.2) is 0 Å². The molecule has 0 aliphatic rings. The molecule has 0 radical (unpaired) electrons. The van der Waals surface area contributed by atoms with Gasteiger partial charge in [-0.1, -0.05) is 80.3 Å². The zero-order valence-electron chi connectivity index (χ0n) is 12.0. The van der Waals surface area contributed by atoms with Crippen LogP contribution in [0.25, 0.3) is 0 Å². The molecule has 100 valence electrons. The van der Waals surface area contributed by atoms with Gasteiger partial charge in [-0.15, -0.1) is 0 Å². The van der Waals surface area contributed by atoms with E-state index in [4.69, 9.17) is 4.74 Å². The van der Waals surface area contributed by atoms with Crippen LogP contribution in [0.4, 0.5) is 0 Å². The molecule has 0 aliphatic carbocycles. The van der Waals surface area contributed by atoms with E-state index in [0.29, 0.717) is 6.61 Å². The van der Waals surface area contributed by atoms with Gasteiger partial charge < -0.3 is 4.74 Å². The smallest absolute Gasteiger partial charge is 0.0842 e. The van der Waals surface area contributed by atoms with Crippen molar-refractivity contribution < 1.29 is 4.74 Å². The first-order valence-electron chi connectivity index (χ1n) is 6.78. The van der Waals surface area contributed by atoms with Crippen molar-refractivity contribution in [3.8, 4) is 0 Å². The molecular weight excluding hydrogens is 248 g/mol. The quantitative estimate of drug-likeness (QED) is 0.708. The van der Waals surface area contributed by atoms with E-state index in [1.165, 1.54) is 11.1 Å². The number of hydrogen-bond acceptors (Lipinski definition) is 1. The summed E-state index contributed by atoms with van der Waals surface area (Å²) in [5.74, 6) is 0. The van der Waals surface area contributed by atoms with E-state index in [0.717, 1.165) is 0 Å². The minimum atomic E-state index is -1.40. The minimum absolute atomic E-state index is 0.244. The Morgan fingerprint density at radius 1 is 0.842 bits per heavy atom. The molecule has 0 fully saturated rings. The average molecular weight is 270 g/mol. The molecule has 2 aromatic carbocycles. The molecule has 0 saturated heterocycles. The molecule has 0 aromatic heterocycles. The highest BCUT2D eigenvalue weighted by molar-refractivity contribution is 6.77. The van der Waals surface area contributed by atoms with Crippen molar-refractivity contribution in [2.24, 2.45) is 0 Å². The van der Waals surface area contributed by atoms with Gasteiger partial charge >= 0.3 is 0 Å². The first-order valence-corrected chi connectivity index (χ1v) is 10.4. The molecule has 0 saturated carbocycles. The Bertz CT molecular complexity index is 488. The van der Waals surface area contributed by atoms with Crippen molar-refractivity contribution in [2.75, 3.05) is 0 Å². The number of ether oxygens (including phenoxy) is 1. The van der Waals surface area contributed by atoms with E-state index in [-0.39, 0.29) is 5.73 Å². The highest BCUT2D eigenvalue weighted by Crippen LogP contribution is 2.29. The summed E-state index contributed by atoms with van der Waals surface area (Å²) in [7, 11) is -1.40. The molecule has 2 aromatic rings. The molecule has 1 atom stereocenters. The lowest BCUT2D eigenvalue weighted by atomic mass is 10.2. The van der Waals surface area contributed by atoms with Crippen molar-refractivity contribution in [3.63, 3.8) is 0 Å². The number of benzene rings is 2. The minimum Gasteiger partial charge on any atom is -0.372 e. The summed E-state index contributed by atoms with van der Waals surface area (Å²) >= 11 is 0. The van der Waals surface area contributed by atoms with Gasteiger partial charge in [-0.25, -0.2) is 0 Å². The Kier molecular flexibility index (Phi) is 4.56. The summed E-state index contributed by atoms with van der Waals surface area (Å²) in [5, 5.41) is 0. The number of rotatable bonds is 5. The Labute approximate surface area is 117 Å². The lowest BCUT2D eigenvalue weighted by Gasteiger charge is -2.29. The molecule has 1 nitrogen and oxygen atoms in total. The van der Waals surface area contributed by atoms with Crippen LogP contribution in [0.15, 0.2) is 60.7 Å². The fourth-order valence-electron chi connectivity index (χ4n) is 2.23.